The Hall–Kier alpha value is -4.54. The number of hydrogen-bond acceptors (Lipinski definition) is 15. The number of phosphoric acid groups is 2. The van der Waals surface area contributed by atoms with Gasteiger partial charge >= 0.3 is 39.5 Å². The lowest BCUT2D eigenvalue weighted by Crippen LogP contribution is -2.30. The maximum absolute atomic E-state index is 13.1. The number of aliphatic hydroxyl groups excluding tert-OH is 1. The predicted octanol–water partition coefficient (Wildman–Crippen LogP) is 21.6. The summed E-state index contributed by atoms with van der Waals surface area (Å²) in [5.41, 5.74) is 0. The molecule has 5 atom stereocenters. The molecule has 0 radical (unpaired) electrons. The van der Waals surface area contributed by atoms with Gasteiger partial charge in [0.25, 0.3) is 0 Å². The van der Waals surface area contributed by atoms with E-state index in [1.165, 1.54) is 38.5 Å². The van der Waals surface area contributed by atoms with E-state index in [9.17, 15) is 43.2 Å². The Morgan fingerprint density at radius 2 is 0.551 bits per heavy atom. The van der Waals surface area contributed by atoms with Crippen molar-refractivity contribution >= 4 is 39.5 Å². The van der Waals surface area contributed by atoms with E-state index in [1.54, 1.807) is 0 Å². The van der Waals surface area contributed by atoms with Crippen LogP contribution in [0.3, 0.4) is 0 Å². The second kappa shape index (κ2) is 70.9. The number of ether oxygens (including phenoxy) is 4. The first-order valence-corrected chi connectivity index (χ1v) is 40.8. The lowest BCUT2D eigenvalue weighted by Gasteiger charge is -2.21. The summed E-state index contributed by atoms with van der Waals surface area (Å²) in [5, 5.41) is 10.6. The Morgan fingerprint density at radius 3 is 0.888 bits per heavy atom. The fourth-order valence-electron chi connectivity index (χ4n) is 9.67. The van der Waals surface area contributed by atoms with Gasteiger partial charge in [-0.25, -0.2) is 9.13 Å². The number of allylic oxidation sites excluding steroid dienone is 20. The van der Waals surface area contributed by atoms with Crippen LogP contribution in [0.15, 0.2) is 122 Å². The molecule has 0 spiro atoms. The molecule has 0 aromatic carbocycles. The molecule has 98 heavy (non-hydrogen) atoms. The van der Waals surface area contributed by atoms with Gasteiger partial charge in [0.2, 0.25) is 0 Å². The number of unbranched alkanes of at least 4 members (excludes halogenated alkanes) is 24. The van der Waals surface area contributed by atoms with Gasteiger partial charge in [-0.05, 0) is 148 Å². The molecule has 0 aliphatic heterocycles. The van der Waals surface area contributed by atoms with Crippen LogP contribution in [0, 0.1) is 0 Å². The summed E-state index contributed by atoms with van der Waals surface area (Å²) in [6, 6.07) is 0. The normalized spacial score (nSPS) is 14.6. The molecule has 17 nitrogen and oxygen atoms in total. The Labute approximate surface area is 593 Å². The molecule has 0 saturated heterocycles. The van der Waals surface area contributed by atoms with Crippen molar-refractivity contribution in [1.29, 1.82) is 0 Å². The maximum atomic E-state index is 13.1. The minimum atomic E-state index is -4.99. The fourth-order valence-corrected chi connectivity index (χ4v) is 11.2. The average molecular weight is 1420 g/mol. The van der Waals surface area contributed by atoms with Gasteiger partial charge in [-0.2, -0.15) is 0 Å². The molecular formula is C79H134O17P2. The number of carbonyl (C=O) groups excluding carboxylic acids is 4. The summed E-state index contributed by atoms with van der Waals surface area (Å²) >= 11 is 0. The average Bonchev–Trinajstić information content (AvgIpc) is 1.04. The van der Waals surface area contributed by atoms with Crippen LogP contribution in [0.5, 0.6) is 0 Å². The first-order chi connectivity index (χ1) is 47.7. The maximum Gasteiger partial charge on any atom is 0.472 e. The SMILES string of the molecule is CC/C=C\C/C=C\C/C=C\C/C=C\CCCCC(=O)OCC(COP(=O)(O)OCC(O)COP(=O)(O)OCC(COC(=O)CCCCCCC/C=C\C/C=C\C/C=C\CC)OC(=O)CCCCCCC/C=C\C/C=C\CCC)OC(=O)CCCCCCC/C=C\CCCCCCCC. The Bertz CT molecular complexity index is 2340. The predicted molar refractivity (Wildman–Crippen MR) is 399 cm³/mol. The summed E-state index contributed by atoms with van der Waals surface area (Å²) in [5.74, 6) is -2.27. The topological polar surface area (TPSA) is 237 Å². The van der Waals surface area contributed by atoms with Crippen LogP contribution in [0.4, 0.5) is 0 Å². The Balaban J connectivity index is 5.41. The smallest absolute Gasteiger partial charge is 0.462 e. The van der Waals surface area contributed by atoms with Gasteiger partial charge in [-0.3, -0.25) is 37.3 Å². The van der Waals surface area contributed by atoms with Crippen molar-refractivity contribution in [2.75, 3.05) is 39.6 Å². The zero-order valence-electron chi connectivity index (χ0n) is 61.2. The molecule has 0 aliphatic rings. The van der Waals surface area contributed by atoms with E-state index in [1.807, 2.05) is 0 Å². The third-order valence-corrected chi connectivity index (χ3v) is 17.3. The second-order valence-electron chi connectivity index (χ2n) is 24.8. The zero-order valence-corrected chi connectivity index (χ0v) is 63.0. The summed E-state index contributed by atoms with van der Waals surface area (Å²) in [6.07, 6.45) is 76.2. The summed E-state index contributed by atoms with van der Waals surface area (Å²) < 4.78 is 68.4. The minimum absolute atomic E-state index is 0.0716. The van der Waals surface area contributed by atoms with Crippen LogP contribution in [0.2, 0.25) is 0 Å². The van der Waals surface area contributed by atoms with Crippen LogP contribution < -0.4 is 0 Å². The third kappa shape index (κ3) is 69.9. The summed E-state index contributed by atoms with van der Waals surface area (Å²) in [4.78, 5) is 72.8. The van der Waals surface area contributed by atoms with Crippen LogP contribution >= 0.6 is 15.6 Å². The van der Waals surface area contributed by atoms with Gasteiger partial charge < -0.3 is 33.8 Å². The summed E-state index contributed by atoms with van der Waals surface area (Å²) in [6.45, 7) is 4.48. The Morgan fingerprint density at radius 1 is 0.296 bits per heavy atom. The lowest BCUT2D eigenvalue weighted by molar-refractivity contribution is -0.161. The number of aliphatic hydroxyl groups is 1. The van der Waals surface area contributed by atoms with E-state index in [-0.39, 0.29) is 25.7 Å². The molecule has 0 aliphatic carbocycles. The largest absolute Gasteiger partial charge is 0.472 e. The van der Waals surface area contributed by atoms with Gasteiger partial charge in [0, 0.05) is 25.7 Å². The van der Waals surface area contributed by atoms with E-state index in [2.05, 4.69) is 149 Å². The highest BCUT2D eigenvalue weighted by Crippen LogP contribution is 2.45. The molecule has 19 heteroatoms. The first-order valence-electron chi connectivity index (χ1n) is 37.8. The first kappa shape index (κ1) is 93.5. The molecule has 0 aromatic rings. The van der Waals surface area contributed by atoms with Gasteiger partial charge in [0.15, 0.2) is 12.2 Å². The third-order valence-electron chi connectivity index (χ3n) is 15.4. The lowest BCUT2D eigenvalue weighted by atomic mass is 10.1. The zero-order chi connectivity index (χ0) is 71.8. The minimum Gasteiger partial charge on any atom is -0.462 e. The molecule has 0 saturated carbocycles. The highest BCUT2D eigenvalue weighted by molar-refractivity contribution is 7.47. The molecule has 562 valence electrons. The molecule has 3 N–H and O–H groups in total. The number of esters is 4. The molecule has 0 amide bonds. The quantitative estimate of drug-likeness (QED) is 0.0169. The molecule has 0 bridgehead atoms. The van der Waals surface area contributed by atoms with E-state index in [4.69, 9.17) is 37.0 Å². The highest BCUT2D eigenvalue weighted by Gasteiger charge is 2.30. The van der Waals surface area contributed by atoms with Crippen molar-refractivity contribution in [3.05, 3.63) is 122 Å². The van der Waals surface area contributed by atoms with Crippen molar-refractivity contribution in [2.24, 2.45) is 0 Å². The van der Waals surface area contributed by atoms with Gasteiger partial charge in [-0.15, -0.1) is 0 Å². The van der Waals surface area contributed by atoms with Gasteiger partial charge in [0.05, 0.1) is 26.4 Å². The summed E-state index contributed by atoms with van der Waals surface area (Å²) in [7, 11) is -9.97. The van der Waals surface area contributed by atoms with Crippen molar-refractivity contribution in [1.82, 2.24) is 0 Å². The highest BCUT2D eigenvalue weighted by atomic mass is 31.2. The molecule has 0 aromatic heterocycles. The molecule has 0 rings (SSSR count). The number of rotatable bonds is 70. The van der Waals surface area contributed by atoms with Crippen LogP contribution in [0.25, 0.3) is 0 Å². The molecule has 5 unspecified atom stereocenters. The number of carbonyl (C=O) groups is 4. The van der Waals surface area contributed by atoms with Gasteiger partial charge in [-0.1, -0.05) is 246 Å². The molecule has 0 fully saturated rings. The van der Waals surface area contributed by atoms with E-state index in [0.29, 0.717) is 25.7 Å². The van der Waals surface area contributed by atoms with Crippen LogP contribution in [0.1, 0.15) is 297 Å². The van der Waals surface area contributed by atoms with Crippen molar-refractivity contribution < 1.29 is 80.2 Å². The number of hydrogen-bond donors (Lipinski definition) is 3. The Kier molecular flexibility index (Phi) is 67.6. The van der Waals surface area contributed by atoms with E-state index >= 15 is 0 Å². The van der Waals surface area contributed by atoms with E-state index in [0.717, 1.165) is 180 Å². The fraction of sp³-hybridized carbons (Fsp3) is 0.696. The van der Waals surface area contributed by atoms with Crippen LogP contribution in [-0.2, 0) is 65.4 Å². The second-order valence-corrected chi connectivity index (χ2v) is 27.7. The number of phosphoric ester groups is 2. The van der Waals surface area contributed by atoms with Gasteiger partial charge in [0.1, 0.15) is 19.3 Å². The van der Waals surface area contributed by atoms with Crippen molar-refractivity contribution in [2.45, 2.75) is 316 Å². The standard InChI is InChI=1S/C79H134O17P2/c1-5-9-13-17-21-25-29-33-36-40-43-47-51-55-59-63-76(81)89-69-74(95-78(83)65-61-57-53-49-45-39-32-28-24-20-16-12-8-4)71-93-97(85,86)91-67-73(80)68-92-98(87,88)94-72-75(96-79(84)66-62-58-54-50-46-42-38-35-31-27-23-19-15-11-7-3)70-90-77(82)64-60-56-52-48-44-41-37-34-30-26-22-18-14-10-6-2/h9-10,13-14,16,20-22,25-26,28,32-38,44,48,73-75,80H,5-8,11-12,15,17-19,23-24,27,29-31,39-43,45-47,49-72H2,1-4H3,(H,85,86)(H,87,88)/b13-9-,14-10-,20-16-,25-21-,26-22-,32-28-,36-33-,37-34-,38-35-,48-44-. The van der Waals surface area contributed by atoms with Crippen LogP contribution in [-0.4, -0.2) is 96.7 Å². The molecular weight excluding hydrogens is 1280 g/mol. The monoisotopic (exact) mass is 1420 g/mol. The van der Waals surface area contributed by atoms with E-state index < -0.39 is 97.5 Å². The van der Waals surface area contributed by atoms with Crippen molar-refractivity contribution in [3.63, 3.8) is 0 Å². The molecule has 0 heterocycles. The van der Waals surface area contributed by atoms with Crippen molar-refractivity contribution in [3.8, 4) is 0 Å².